The number of carbonyl (C=O) groups is 2. The number of aryl methyl sites for hydroxylation is 1. The molecule has 0 aliphatic rings. The molecule has 0 unspecified atom stereocenters. The van der Waals surface area contributed by atoms with E-state index >= 15 is 0 Å². The van der Waals surface area contributed by atoms with Crippen LogP contribution < -0.4 is 14.4 Å². The molecule has 0 aliphatic heterocycles. The molecule has 1 N–H and O–H groups in total. The van der Waals surface area contributed by atoms with E-state index in [0.717, 1.165) is 10.4 Å². The average molecular weight is 652 g/mol. The second-order valence-electron chi connectivity index (χ2n) is 10.0. The number of ether oxygens (including phenoxy) is 1. The van der Waals surface area contributed by atoms with Crippen LogP contribution in [0.5, 0.6) is 5.75 Å². The molecule has 0 bridgehead atoms. The fraction of sp³-hybridized carbons (Fsp3) is 0.310. The highest BCUT2D eigenvalue weighted by molar-refractivity contribution is 7.92. The van der Waals surface area contributed by atoms with Crippen LogP contribution in [-0.2, 0) is 26.2 Å². The van der Waals surface area contributed by atoms with Crippen molar-refractivity contribution in [3.05, 3.63) is 92.0 Å². The third-order valence-electron chi connectivity index (χ3n) is 6.49. The first-order valence-electron chi connectivity index (χ1n) is 13.1. The Labute approximate surface area is 260 Å². The van der Waals surface area contributed by atoms with Crippen LogP contribution in [0.15, 0.2) is 65.6 Å². The Morgan fingerprint density at radius 1 is 1.02 bits per heavy atom. The van der Waals surface area contributed by atoms with Crippen molar-refractivity contribution in [2.75, 3.05) is 18.0 Å². The van der Waals surface area contributed by atoms with E-state index in [1.807, 2.05) is 0 Å². The summed E-state index contributed by atoms with van der Waals surface area (Å²) in [6, 6.07) is 13.2. The molecule has 11 nitrogen and oxygen atoms in total. The number of hydrogen-bond acceptors (Lipinski definition) is 7. The van der Waals surface area contributed by atoms with Crippen LogP contribution in [0.25, 0.3) is 0 Å². The van der Waals surface area contributed by atoms with Crippen molar-refractivity contribution in [1.29, 1.82) is 0 Å². The zero-order valence-electron chi connectivity index (χ0n) is 24.2. The number of hydrogen-bond donors (Lipinski definition) is 1. The van der Waals surface area contributed by atoms with Crippen molar-refractivity contribution in [2.24, 2.45) is 0 Å². The minimum atomic E-state index is -4.63. The van der Waals surface area contributed by atoms with Gasteiger partial charge in [0.1, 0.15) is 18.3 Å². The fourth-order valence-corrected chi connectivity index (χ4v) is 6.08. The van der Waals surface area contributed by atoms with E-state index in [1.165, 1.54) is 56.2 Å². The highest BCUT2D eigenvalue weighted by Crippen LogP contribution is 2.36. The van der Waals surface area contributed by atoms with E-state index in [2.05, 4.69) is 5.32 Å². The number of sulfonamides is 1. The minimum Gasteiger partial charge on any atom is -0.495 e. The summed E-state index contributed by atoms with van der Waals surface area (Å²) < 4.78 is 34.5. The first-order valence-corrected chi connectivity index (χ1v) is 15.3. The zero-order chi connectivity index (χ0) is 32.1. The van der Waals surface area contributed by atoms with Crippen LogP contribution in [0.2, 0.25) is 10.0 Å². The van der Waals surface area contributed by atoms with Gasteiger partial charge in [-0.05, 0) is 69.7 Å². The molecule has 0 heterocycles. The van der Waals surface area contributed by atoms with Crippen molar-refractivity contribution >= 4 is 56.4 Å². The van der Waals surface area contributed by atoms with Crippen LogP contribution in [0.3, 0.4) is 0 Å². The Morgan fingerprint density at radius 3 is 2.30 bits per heavy atom. The third-order valence-corrected chi connectivity index (χ3v) is 8.72. The van der Waals surface area contributed by atoms with Crippen molar-refractivity contribution in [1.82, 2.24) is 10.2 Å². The molecule has 43 heavy (non-hydrogen) atoms. The van der Waals surface area contributed by atoms with Crippen molar-refractivity contribution < 1.29 is 27.7 Å². The van der Waals surface area contributed by atoms with E-state index in [-0.39, 0.29) is 34.6 Å². The Hall–Kier alpha value is -3.87. The van der Waals surface area contributed by atoms with Crippen molar-refractivity contribution in [3.8, 4) is 5.75 Å². The lowest BCUT2D eigenvalue weighted by Gasteiger charge is -2.32. The normalized spacial score (nSPS) is 12.0. The Morgan fingerprint density at radius 2 is 1.70 bits per heavy atom. The number of nitro groups is 1. The van der Waals surface area contributed by atoms with E-state index in [1.54, 1.807) is 38.1 Å². The molecule has 1 atom stereocenters. The van der Waals surface area contributed by atoms with E-state index in [9.17, 15) is 28.1 Å². The fourth-order valence-electron chi connectivity index (χ4n) is 4.26. The standard InChI is InChI=1S/C29H32Cl2N4O7S/c1-18(2)32-29(37)20(4)33(16-21-7-6-8-22(30)13-21)28(36)17-34(26-14-23(31)10-12-27(26)42-5)43(40,41)24-11-9-19(3)25(15-24)35(38)39/h6-15,18,20H,16-17H2,1-5H3,(H,32,37)/t20-/m1/s1. The first kappa shape index (κ1) is 33.6. The molecule has 3 aromatic carbocycles. The Bertz CT molecular complexity index is 1630. The molecule has 2 amide bonds. The highest BCUT2D eigenvalue weighted by atomic mass is 35.5. The number of halogens is 2. The predicted molar refractivity (Wildman–Crippen MR) is 165 cm³/mol. The van der Waals surface area contributed by atoms with Gasteiger partial charge < -0.3 is 15.0 Å². The summed E-state index contributed by atoms with van der Waals surface area (Å²) in [6.45, 7) is 5.70. The smallest absolute Gasteiger partial charge is 0.273 e. The summed E-state index contributed by atoms with van der Waals surface area (Å²) in [4.78, 5) is 38.8. The average Bonchev–Trinajstić information content (AvgIpc) is 2.93. The summed E-state index contributed by atoms with van der Waals surface area (Å²) in [5.74, 6) is -1.11. The largest absolute Gasteiger partial charge is 0.495 e. The van der Waals surface area contributed by atoms with Gasteiger partial charge in [-0.2, -0.15) is 0 Å². The summed E-state index contributed by atoms with van der Waals surface area (Å²) in [5.41, 5.74) is 0.374. The lowest BCUT2D eigenvalue weighted by atomic mass is 10.1. The van der Waals surface area contributed by atoms with Gasteiger partial charge in [-0.15, -0.1) is 0 Å². The summed E-state index contributed by atoms with van der Waals surface area (Å²) in [7, 11) is -3.31. The second kappa shape index (κ2) is 14.1. The van der Waals surface area contributed by atoms with Gasteiger partial charge in [-0.25, -0.2) is 8.42 Å². The van der Waals surface area contributed by atoms with Crippen LogP contribution in [0, 0.1) is 17.0 Å². The molecular formula is C29H32Cl2N4O7S. The number of anilines is 1. The number of nitrogens with one attached hydrogen (secondary N) is 1. The van der Waals surface area contributed by atoms with Crippen LogP contribution >= 0.6 is 23.2 Å². The van der Waals surface area contributed by atoms with Crippen LogP contribution in [0.4, 0.5) is 11.4 Å². The number of carbonyl (C=O) groups excluding carboxylic acids is 2. The summed E-state index contributed by atoms with van der Waals surface area (Å²) in [5, 5.41) is 15.0. The third kappa shape index (κ3) is 8.15. The molecule has 3 rings (SSSR count). The molecule has 0 saturated carbocycles. The molecule has 3 aromatic rings. The Kier molecular flexibility index (Phi) is 11.0. The predicted octanol–water partition coefficient (Wildman–Crippen LogP) is 5.36. The van der Waals surface area contributed by atoms with Gasteiger partial charge in [0.05, 0.1) is 22.6 Å². The van der Waals surface area contributed by atoms with Crippen molar-refractivity contribution in [2.45, 2.75) is 51.2 Å². The van der Waals surface area contributed by atoms with Crippen molar-refractivity contribution in [3.63, 3.8) is 0 Å². The number of nitrogens with zero attached hydrogens (tertiary/aromatic N) is 3. The number of benzene rings is 3. The van der Waals surface area contributed by atoms with Crippen LogP contribution in [-0.4, -0.2) is 55.8 Å². The van der Waals surface area contributed by atoms with Crippen LogP contribution in [0.1, 0.15) is 31.9 Å². The molecule has 14 heteroatoms. The lowest BCUT2D eigenvalue weighted by Crippen LogP contribution is -2.52. The van der Waals surface area contributed by atoms with E-state index in [0.29, 0.717) is 10.6 Å². The van der Waals surface area contributed by atoms with Gasteiger partial charge in [0.15, 0.2) is 0 Å². The van der Waals surface area contributed by atoms with Gasteiger partial charge in [-0.3, -0.25) is 24.0 Å². The van der Waals surface area contributed by atoms with Gasteiger partial charge in [0.2, 0.25) is 11.8 Å². The number of amides is 2. The molecule has 230 valence electrons. The molecule has 0 aliphatic carbocycles. The molecule has 0 radical (unpaired) electrons. The topological polar surface area (TPSA) is 139 Å². The zero-order valence-corrected chi connectivity index (χ0v) is 26.5. The van der Waals surface area contributed by atoms with Gasteiger partial charge in [0, 0.05) is 34.3 Å². The quantitative estimate of drug-likeness (QED) is 0.206. The second-order valence-corrected chi connectivity index (χ2v) is 12.8. The minimum absolute atomic E-state index is 0.0668. The number of methoxy groups -OCH3 is 1. The Balaban J connectivity index is 2.17. The molecule has 0 aromatic heterocycles. The van der Waals surface area contributed by atoms with Gasteiger partial charge in [-0.1, -0.05) is 41.4 Å². The lowest BCUT2D eigenvalue weighted by molar-refractivity contribution is -0.385. The molecule has 0 fully saturated rings. The van der Waals surface area contributed by atoms with E-state index in [4.69, 9.17) is 27.9 Å². The first-order chi connectivity index (χ1) is 20.1. The summed E-state index contributed by atoms with van der Waals surface area (Å²) in [6.07, 6.45) is 0. The number of rotatable bonds is 12. The number of nitro benzene ring substituents is 1. The SMILES string of the molecule is COc1ccc(Cl)cc1N(CC(=O)N(Cc1cccc(Cl)c1)[C@H](C)C(=O)NC(C)C)S(=O)(=O)c1ccc(C)c([N+](=O)[O-])c1. The maximum atomic E-state index is 14.1. The maximum absolute atomic E-state index is 14.1. The summed E-state index contributed by atoms with van der Waals surface area (Å²) >= 11 is 12.4. The van der Waals surface area contributed by atoms with E-state index < -0.39 is 49.9 Å². The van der Waals surface area contributed by atoms with Gasteiger partial charge >= 0.3 is 0 Å². The van der Waals surface area contributed by atoms with Gasteiger partial charge in [0.25, 0.3) is 15.7 Å². The molecule has 0 spiro atoms. The molecular weight excluding hydrogens is 619 g/mol. The maximum Gasteiger partial charge on any atom is 0.273 e. The monoisotopic (exact) mass is 650 g/mol. The highest BCUT2D eigenvalue weighted by Gasteiger charge is 2.35. The molecule has 0 saturated heterocycles.